The number of nitrogens with zero attached hydrogens (tertiary/aromatic N) is 2. The first-order valence-electron chi connectivity index (χ1n) is 7.39. The van der Waals surface area contributed by atoms with E-state index in [0.29, 0.717) is 5.92 Å². The molecule has 0 aromatic heterocycles. The molecule has 1 saturated heterocycles. The average molecular weight is 275 g/mol. The summed E-state index contributed by atoms with van der Waals surface area (Å²) in [5.41, 5.74) is 6.97. The summed E-state index contributed by atoms with van der Waals surface area (Å²) in [6.07, 6.45) is 0. The average Bonchev–Trinajstić information content (AvgIpc) is 2.47. The number of rotatable bonds is 4. The number of nitrogens with two attached hydrogens (primary N) is 1. The van der Waals surface area contributed by atoms with Crippen molar-refractivity contribution < 1.29 is 4.79 Å². The molecule has 2 rings (SSSR count). The van der Waals surface area contributed by atoms with E-state index >= 15 is 0 Å². The minimum absolute atomic E-state index is 0.0420. The van der Waals surface area contributed by atoms with Crippen molar-refractivity contribution in [2.75, 3.05) is 32.7 Å². The van der Waals surface area contributed by atoms with Crippen LogP contribution < -0.4 is 5.73 Å². The standard InChI is InChI=1S/C16H25N3O/c1-13(2)12-18-8-10-19(11-9-18)16(20)15(17)14-6-4-3-5-7-14/h3-7,13,15H,8-12,17H2,1-2H3/t15-/m1/s1. The fourth-order valence-electron chi connectivity index (χ4n) is 2.67. The molecule has 1 aliphatic heterocycles. The maximum absolute atomic E-state index is 12.4. The minimum Gasteiger partial charge on any atom is -0.338 e. The van der Waals surface area contributed by atoms with E-state index in [0.717, 1.165) is 38.3 Å². The number of carbonyl (C=O) groups is 1. The van der Waals surface area contributed by atoms with Crippen LogP contribution in [0.3, 0.4) is 0 Å². The Morgan fingerprint density at radius 1 is 1.15 bits per heavy atom. The topological polar surface area (TPSA) is 49.6 Å². The third kappa shape index (κ3) is 3.81. The Bertz CT molecular complexity index is 425. The Kier molecular flexibility index (Phi) is 5.15. The lowest BCUT2D eigenvalue weighted by Gasteiger charge is -2.36. The number of benzene rings is 1. The second-order valence-corrected chi connectivity index (χ2v) is 5.91. The third-order valence-electron chi connectivity index (χ3n) is 3.73. The normalized spacial score (nSPS) is 18.3. The molecule has 0 unspecified atom stereocenters. The fraction of sp³-hybridized carbons (Fsp3) is 0.562. The summed E-state index contributed by atoms with van der Waals surface area (Å²) < 4.78 is 0. The quantitative estimate of drug-likeness (QED) is 0.905. The van der Waals surface area contributed by atoms with Crippen LogP contribution in [-0.4, -0.2) is 48.4 Å². The van der Waals surface area contributed by atoms with Crippen LogP contribution in [0.5, 0.6) is 0 Å². The van der Waals surface area contributed by atoms with Crippen molar-refractivity contribution in [1.82, 2.24) is 9.80 Å². The van der Waals surface area contributed by atoms with Crippen LogP contribution in [0.4, 0.5) is 0 Å². The molecule has 1 aliphatic rings. The lowest BCUT2D eigenvalue weighted by molar-refractivity contribution is -0.134. The smallest absolute Gasteiger partial charge is 0.244 e. The first-order chi connectivity index (χ1) is 9.58. The number of carbonyl (C=O) groups excluding carboxylic acids is 1. The zero-order valence-electron chi connectivity index (χ0n) is 12.5. The summed E-state index contributed by atoms with van der Waals surface area (Å²) in [5, 5.41) is 0. The van der Waals surface area contributed by atoms with Crippen molar-refractivity contribution in [3.05, 3.63) is 35.9 Å². The van der Waals surface area contributed by atoms with Crippen LogP contribution in [0, 0.1) is 5.92 Å². The van der Waals surface area contributed by atoms with Gasteiger partial charge in [-0.05, 0) is 11.5 Å². The molecule has 4 heteroatoms. The van der Waals surface area contributed by atoms with E-state index in [-0.39, 0.29) is 5.91 Å². The van der Waals surface area contributed by atoms with E-state index in [1.54, 1.807) is 0 Å². The van der Waals surface area contributed by atoms with E-state index < -0.39 is 6.04 Å². The Morgan fingerprint density at radius 2 is 1.75 bits per heavy atom. The number of hydrogen-bond donors (Lipinski definition) is 1. The largest absolute Gasteiger partial charge is 0.338 e. The van der Waals surface area contributed by atoms with Gasteiger partial charge in [0.1, 0.15) is 6.04 Å². The van der Waals surface area contributed by atoms with Crippen molar-refractivity contribution in [3.63, 3.8) is 0 Å². The lowest BCUT2D eigenvalue weighted by atomic mass is 10.1. The van der Waals surface area contributed by atoms with Gasteiger partial charge in [-0.1, -0.05) is 44.2 Å². The van der Waals surface area contributed by atoms with Gasteiger partial charge in [0.25, 0.3) is 0 Å². The molecule has 0 spiro atoms. The van der Waals surface area contributed by atoms with Gasteiger partial charge in [0, 0.05) is 32.7 Å². The van der Waals surface area contributed by atoms with Crippen LogP contribution in [0.1, 0.15) is 25.5 Å². The highest BCUT2D eigenvalue weighted by Crippen LogP contribution is 2.14. The second-order valence-electron chi connectivity index (χ2n) is 5.91. The molecule has 0 radical (unpaired) electrons. The Labute approximate surface area is 121 Å². The first kappa shape index (κ1) is 15.0. The van der Waals surface area contributed by atoms with Gasteiger partial charge < -0.3 is 10.6 Å². The van der Waals surface area contributed by atoms with Crippen LogP contribution in [0.25, 0.3) is 0 Å². The van der Waals surface area contributed by atoms with Gasteiger partial charge in [0.2, 0.25) is 5.91 Å². The second kappa shape index (κ2) is 6.86. The third-order valence-corrected chi connectivity index (χ3v) is 3.73. The molecule has 1 aromatic rings. The highest BCUT2D eigenvalue weighted by atomic mass is 16.2. The van der Waals surface area contributed by atoms with E-state index in [9.17, 15) is 4.79 Å². The molecule has 2 N–H and O–H groups in total. The predicted octanol–water partition coefficient (Wildman–Crippen LogP) is 1.49. The first-order valence-corrected chi connectivity index (χ1v) is 7.39. The molecule has 0 saturated carbocycles. The van der Waals surface area contributed by atoms with Crippen LogP contribution >= 0.6 is 0 Å². The summed E-state index contributed by atoms with van der Waals surface area (Å²) in [6, 6.07) is 9.07. The van der Waals surface area contributed by atoms with Crippen molar-refractivity contribution in [3.8, 4) is 0 Å². The van der Waals surface area contributed by atoms with Gasteiger partial charge in [-0.25, -0.2) is 0 Å². The number of piperazine rings is 1. The highest BCUT2D eigenvalue weighted by molar-refractivity contribution is 5.83. The maximum Gasteiger partial charge on any atom is 0.244 e. The van der Waals surface area contributed by atoms with Gasteiger partial charge in [-0.3, -0.25) is 9.69 Å². The SMILES string of the molecule is CC(C)CN1CCN(C(=O)[C@H](N)c2ccccc2)CC1. The molecule has 1 fully saturated rings. The molecule has 20 heavy (non-hydrogen) atoms. The molecule has 110 valence electrons. The number of amides is 1. The molecule has 0 bridgehead atoms. The van der Waals surface area contributed by atoms with Crippen LogP contribution in [0.2, 0.25) is 0 Å². The Balaban J connectivity index is 1.89. The van der Waals surface area contributed by atoms with Crippen molar-refractivity contribution in [2.45, 2.75) is 19.9 Å². The van der Waals surface area contributed by atoms with E-state index in [4.69, 9.17) is 5.73 Å². The molecule has 1 heterocycles. The molecular formula is C16H25N3O. The van der Waals surface area contributed by atoms with Crippen LogP contribution in [-0.2, 0) is 4.79 Å². The van der Waals surface area contributed by atoms with Gasteiger partial charge in [-0.15, -0.1) is 0 Å². The highest BCUT2D eigenvalue weighted by Gasteiger charge is 2.26. The van der Waals surface area contributed by atoms with E-state index in [2.05, 4.69) is 18.7 Å². The van der Waals surface area contributed by atoms with Crippen molar-refractivity contribution in [1.29, 1.82) is 0 Å². The monoisotopic (exact) mass is 275 g/mol. The molecule has 1 aromatic carbocycles. The van der Waals surface area contributed by atoms with Gasteiger partial charge >= 0.3 is 0 Å². The summed E-state index contributed by atoms with van der Waals surface area (Å²) in [5.74, 6) is 0.712. The Morgan fingerprint density at radius 3 is 2.30 bits per heavy atom. The van der Waals surface area contributed by atoms with Crippen LogP contribution in [0.15, 0.2) is 30.3 Å². The Hall–Kier alpha value is -1.39. The summed E-state index contributed by atoms with van der Waals surface area (Å²) in [4.78, 5) is 16.7. The lowest BCUT2D eigenvalue weighted by Crippen LogP contribution is -2.51. The van der Waals surface area contributed by atoms with Gasteiger partial charge in [-0.2, -0.15) is 0 Å². The van der Waals surface area contributed by atoms with Gasteiger partial charge in [0.05, 0.1) is 0 Å². The molecule has 1 amide bonds. The summed E-state index contributed by atoms with van der Waals surface area (Å²) in [6.45, 7) is 9.02. The predicted molar refractivity (Wildman–Crippen MR) is 81.2 cm³/mol. The molecule has 0 aliphatic carbocycles. The fourth-order valence-corrected chi connectivity index (χ4v) is 2.67. The summed E-state index contributed by atoms with van der Waals surface area (Å²) >= 11 is 0. The van der Waals surface area contributed by atoms with E-state index in [1.807, 2.05) is 35.2 Å². The number of hydrogen-bond acceptors (Lipinski definition) is 3. The van der Waals surface area contributed by atoms with E-state index in [1.165, 1.54) is 0 Å². The summed E-state index contributed by atoms with van der Waals surface area (Å²) in [7, 11) is 0. The van der Waals surface area contributed by atoms with Crippen molar-refractivity contribution in [2.24, 2.45) is 11.7 Å². The van der Waals surface area contributed by atoms with Gasteiger partial charge in [0.15, 0.2) is 0 Å². The minimum atomic E-state index is -0.534. The molecule has 1 atom stereocenters. The zero-order valence-corrected chi connectivity index (χ0v) is 12.5. The maximum atomic E-state index is 12.4. The molecule has 4 nitrogen and oxygen atoms in total. The zero-order chi connectivity index (χ0) is 14.5. The molecular weight excluding hydrogens is 250 g/mol. The van der Waals surface area contributed by atoms with Crippen molar-refractivity contribution >= 4 is 5.91 Å².